The molecule has 0 bridgehead atoms. The Labute approximate surface area is 181 Å². The maximum atomic E-state index is 13.4. The molecule has 0 unspecified atom stereocenters. The van der Waals surface area contributed by atoms with Gasteiger partial charge in [-0.15, -0.1) is 0 Å². The number of hydrogen-bond acceptors (Lipinski definition) is 5. The number of nitrogens with one attached hydrogen (secondary N) is 1. The standard InChI is InChI=1S/C25H23N3O3/c1-16-9-10-19(12-17(16)2)22-23(27-20-7-4-8-21(13-20)31-3)25(30)28(24(22)29)15-18-6-5-11-26-14-18/h4-14,27H,15H2,1-3H3. The molecular weight excluding hydrogens is 390 g/mol. The number of imide groups is 1. The highest BCUT2D eigenvalue weighted by atomic mass is 16.5. The Balaban J connectivity index is 1.77. The first kappa shape index (κ1) is 20.3. The van der Waals surface area contributed by atoms with Crippen molar-refractivity contribution in [3.8, 4) is 5.75 Å². The van der Waals surface area contributed by atoms with Crippen molar-refractivity contribution in [3.63, 3.8) is 0 Å². The third kappa shape index (κ3) is 4.05. The summed E-state index contributed by atoms with van der Waals surface area (Å²) in [5.74, 6) is -0.0466. The molecule has 0 fully saturated rings. The molecule has 2 heterocycles. The predicted octanol–water partition coefficient (Wildman–Crippen LogP) is 4.10. The van der Waals surface area contributed by atoms with Gasteiger partial charge in [-0.1, -0.05) is 30.3 Å². The summed E-state index contributed by atoms with van der Waals surface area (Å²) in [6, 6.07) is 16.7. The van der Waals surface area contributed by atoms with E-state index in [1.807, 2.05) is 56.3 Å². The van der Waals surface area contributed by atoms with Crippen molar-refractivity contribution in [2.75, 3.05) is 12.4 Å². The van der Waals surface area contributed by atoms with E-state index in [1.165, 1.54) is 4.90 Å². The van der Waals surface area contributed by atoms with Gasteiger partial charge in [-0.25, -0.2) is 0 Å². The van der Waals surface area contributed by atoms with E-state index < -0.39 is 0 Å². The molecule has 0 aliphatic carbocycles. The number of carbonyl (C=O) groups excluding carboxylic acids is 2. The van der Waals surface area contributed by atoms with Crippen LogP contribution < -0.4 is 10.1 Å². The van der Waals surface area contributed by atoms with Crippen LogP contribution in [0.5, 0.6) is 5.75 Å². The van der Waals surface area contributed by atoms with Crippen LogP contribution in [0, 0.1) is 13.8 Å². The summed E-state index contributed by atoms with van der Waals surface area (Å²) in [4.78, 5) is 32.1. The number of carbonyl (C=O) groups is 2. The molecule has 0 saturated heterocycles. The Bertz CT molecular complexity index is 1190. The number of nitrogens with zero attached hydrogens (tertiary/aromatic N) is 2. The van der Waals surface area contributed by atoms with Crippen LogP contribution in [0.1, 0.15) is 22.3 Å². The van der Waals surface area contributed by atoms with Crippen LogP contribution in [-0.4, -0.2) is 28.8 Å². The second-order valence-corrected chi connectivity index (χ2v) is 7.46. The number of aromatic nitrogens is 1. The first-order chi connectivity index (χ1) is 15.0. The number of anilines is 1. The summed E-state index contributed by atoms with van der Waals surface area (Å²) in [6.07, 6.45) is 3.31. The molecular formula is C25H23N3O3. The smallest absolute Gasteiger partial charge is 0.278 e. The molecule has 0 atom stereocenters. The number of amides is 2. The third-order valence-corrected chi connectivity index (χ3v) is 5.37. The lowest BCUT2D eigenvalue weighted by atomic mass is 9.99. The number of methoxy groups -OCH3 is 1. The first-order valence-corrected chi connectivity index (χ1v) is 9.96. The highest BCUT2D eigenvalue weighted by Gasteiger charge is 2.39. The zero-order chi connectivity index (χ0) is 22.0. The second kappa shape index (κ2) is 8.44. The number of rotatable bonds is 6. The van der Waals surface area contributed by atoms with Gasteiger partial charge >= 0.3 is 0 Å². The largest absolute Gasteiger partial charge is 0.497 e. The van der Waals surface area contributed by atoms with Gasteiger partial charge in [0, 0.05) is 24.1 Å². The van der Waals surface area contributed by atoms with Crippen molar-refractivity contribution in [3.05, 3.63) is 94.9 Å². The van der Waals surface area contributed by atoms with E-state index >= 15 is 0 Å². The maximum Gasteiger partial charge on any atom is 0.278 e. The normalized spacial score (nSPS) is 13.7. The molecule has 3 aromatic rings. The van der Waals surface area contributed by atoms with Crippen LogP contribution in [0.4, 0.5) is 5.69 Å². The van der Waals surface area contributed by atoms with E-state index in [4.69, 9.17) is 4.74 Å². The SMILES string of the molecule is COc1cccc(NC2=C(c3ccc(C)c(C)c3)C(=O)N(Cc3cccnc3)C2=O)c1. The highest BCUT2D eigenvalue weighted by Crippen LogP contribution is 2.32. The fourth-order valence-electron chi connectivity index (χ4n) is 3.52. The molecule has 2 amide bonds. The molecule has 1 aliphatic heterocycles. The summed E-state index contributed by atoms with van der Waals surface area (Å²) in [7, 11) is 1.58. The topological polar surface area (TPSA) is 71.5 Å². The highest BCUT2D eigenvalue weighted by molar-refractivity contribution is 6.36. The van der Waals surface area contributed by atoms with Crippen LogP contribution in [0.2, 0.25) is 0 Å². The third-order valence-electron chi connectivity index (χ3n) is 5.37. The van der Waals surface area contributed by atoms with Crippen LogP contribution in [0.25, 0.3) is 5.57 Å². The first-order valence-electron chi connectivity index (χ1n) is 9.96. The predicted molar refractivity (Wildman–Crippen MR) is 119 cm³/mol. The lowest BCUT2D eigenvalue weighted by molar-refractivity contribution is -0.137. The Kier molecular flexibility index (Phi) is 5.54. The molecule has 1 N–H and O–H groups in total. The van der Waals surface area contributed by atoms with Gasteiger partial charge in [0.1, 0.15) is 11.4 Å². The molecule has 1 aromatic heterocycles. The zero-order valence-electron chi connectivity index (χ0n) is 17.7. The molecule has 6 nitrogen and oxygen atoms in total. The van der Waals surface area contributed by atoms with Crippen molar-refractivity contribution in [1.29, 1.82) is 0 Å². The van der Waals surface area contributed by atoms with Gasteiger partial charge in [0.05, 0.1) is 19.2 Å². The molecule has 31 heavy (non-hydrogen) atoms. The van der Waals surface area contributed by atoms with Crippen molar-refractivity contribution >= 4 is 23.1 Å². The molecule has 6 heteroatoms. The summed E-state index contributed by atoms with van der Waals surface area (Å²) in [5, 5.41) is 3.17. The molecule has 0 saturated carbocycles. The number of pyridine rings is 1. The van der Waals surface area contributed by atoms with Crippen molar-refractivity contribution in [1.82, 2.24) is 9.88 Å². The lowest BCUT2D eigenvalue weighted by Gasteiger charge is -2.15. The minimum Gasteiger partial charge on any atom is -0.497 e. The number of ether oxygens (including phenoxy) is 1. The minimum absolute atomic E-state index is 0.156. The average Bonchev–Trinajstić information content (AvgIpc) is 3.01. The van der Waals surface area contributed by atoms with Gasteiger partial charge in [0.15, 0.2) is 0 Å². The molecule has 4 rings (SSSR count). The fraction of sp³-hybridized carbons (Fsp3) is 0.160. The van der Waals surface area contributed by atoms with E-state index in [9.17, 15) is 9.59 Å². The lowest BCUT2D eigenvalue weighted by Crippen LogP contribution is -2.32. The summed E-state index contributed by atoms with van der Waals surface area (Å²) >= 11 is 0. The Morgan fingerprint density at radius 2 is 1.81 bits per heavy atom. The Hall–Kier alpha value is -3.93. The number of benzene rings is 2. The minimum atomic E-state index is -0.370. The van der Waals surface area contributed by atoms with Crippen LogP contribution in [-0.2, 0) is 16.1 Å². The molecule has 0 spiro atoms. The van der Waals surface area contributed by atoms with E-state index in [0.29, 0.717) is 22.6 Å². The van der Waals surface area contributed by atoms with Gasteiger partial charge in [0.2, 0.25) is 0 Å². The second-order valence-electron chi connectivity index (χ2n) is 7.46. The van der Waals surface area contributed by atoms with Gasteiger partial charge in [-0.2, -0.15) is 0 Å². The molecule has 0 radical (unpaired) electrons. The summed E-state index contributed by atoms with van der Waals surface area (Å²) < 4.78 is 5.28. The van der Waals surface area contributed by atoms with Gasteiger partial charge in [0.25, 0.3) is 11.8 Å². The Morgan fingerprint density at radius 3 is 2.52 bits per heavy atom. The van der Waals surface area contributed by atoms with Crippen LogP contribution in [0.3, 0.4) is 0 Å². The summed E-state index contributed by atoms with van der Waals surface area (Å²) in [6.45, 7) is 4.16. The quantitative estimate of drug-likeness (QED) is 0.616. The summed E-state index contributed by atoms with van der Waals surface area (Å²) in [5.41, 5.74) is 4.95. The monoisotopic (exact) mass is 413 g/mol. The molecule has 1 aliphatic rings. The van der Waals surface area contributed by atoms with E-state index in [-0.39, 0.29) is 24.1 Å². The van der Waals surface area contributed by atoms with E-state index in [2.05, 4.69) is 10.3 Å². The van der Waals surface area contributed by atoms with Gasteiger partial charge < -0.3 is 10.1 Å². The average molecular weight is 413 g/mol. The molecule has 156 valence electrons. The number of aryl methyl sites for hydroxylation is 2. The van der Waals surface area contributed by atoms with Crippen molar-refractivity contribution in [2.24, 2.45) is 0 Å². The van der Waals surface area contributed by atoms with Crippen LogP contribution in [0.15, 0.2) is 72.7 Å². The Morgan fingerprint density at radius 1 is 0.968 bits per heavy atom. The van der Waals surface area contributed by atoms with Crippen LogP contribution >= 0.6 is 0 Å². The van der Waals surface area contributed by atoms with Crippen molar-refractivity contribution in [2.45, 2.75) is 20.4 Å². The van der Waals surface area contributed by atoms with Crippen molar-refractivity contribution < 1.29 is 14.3 Å². The zero-order valence-corrected chi connectivity index (χ0v) is 17.7. The molecule has 2 aromatic carbocycles. The maximum absolute atomic E-state index is 13.4. The number of hydrogen-bond donors (Lipinski definition) is 1. The fourth-order valence-corrected chi connectivity index (χ4v) is 3.52. The van der Waals surface area contributed by atoms with E-state index in [0.717, 1.165) is 16.7 Å². The van der Waals surface area contributed by atoms with E-state index in [1.54, 1.807) is 31.6 Å². The van der Waals surface area contributed by atoms with Gasteiger partial charge in [-0.05, 0) is 54.3 Å². The van der Waals surface area contributed by atoms with Gasteiger partial charge in [-0.3, -0.25) is 19.5 Å².